The molecule has 18 heavy (non-hydrogen) atoms. The number of hydrogen-bond donors (Lipinski definition) is 3. The maximum Gasteiger partial charge on any atom is 0.238 e. The maximum atomic E-state index is 13.5. The number of sulfonamides is 1. The summed E-state index contributed by atoms with van der Waals surface area (Å²) in [6.45, 7) is 0.786. The molecule has 0 aliphatic rings. The normalized spacial score (nSPS) is 11.5. The summed E-state index contributed by atoms with van der Waals surface area (Å²) in [7, 11) is -3.89. The van der Waals surface area contributed by atoms with Gasteiger partial charge in [0.1, 0.15) is 5.82 Å². The molecule has 0 aliphatic heterocycles. The minimum atomic E-state index is -3.89. The van der Waals surface area contributed by atoms with Crippen LogP contribution >= 0.6 is 0 Å². The van der Waals surface area contributed by atoms with Gasteiger partial charge in [0, 0.05) is 6.54 Å². The fraction of sp³-hybridized carbons (Fsp3) is 0.400. The van der Waals surface area contributed by atoms with E-state index in [9.17, 15) is 12.8 Å². The van der Waals surface area contributed by atoms with Gasteiger partial charge in [-0.2, -0.15) is 0 Å². The van der Waals surface area contributed by atoms with E-state index < -0.39 is 15.8 Å². The van der Waals surface area contributed by atoms with Crippen LogP contribution in [0.4, 0.5) is 10.1 Å². The standard InChI is InChI=1S/C10H15FN2O4S/c11-9-7-8(18(12,15)16)1-2-10(9)13-3-5-17-6-4-14/h1-2,7,13-14H,3-6H2,(H2,12,15,16). The zero-order chi connectivity index (χ0) is 13.6. The number of nitrogens with one attached hydrogen (secondary N) is 1. The van der Waals surface area contributed by atoms with Crippen LogP contribution in [0.1, 0.15) is 0 Å². The van der Waals surface area contributed by atoms with E-state index in [-0.39, 0.29) is 23.8 Å². The second-order valence-electron chi connectivity index (χ2n) is 3.45. The Labute approximate surface area is 105 Å². The topological polar surface area (TPSA) is 102 Å². The molecular formula is C10H15FN2O4S. The Morgan fingerprint density at radius 2 is 2.11 bits per heavy atom. The third-order valence-electron chi connectivity index (χ3n) is 2.07. The van der Waals surface area contributed by atoms with Gasteiger partial charge in [-0.05, 0) is 18.2 Å². The Balaban J connectivity index is 2.58. The molecule has 0 spiro atoms. The zero-order valence-corrected chi connectivity index (χ0v) is 10.4. The van der Waals surface area contributed by atoms with Crippen molar-refractivity contribution in [2.75, 3.05) is 31.7 Å². The Kier molecular flexibility index (Phi) is 5.48. The van der Waals surface area contributed by atoms with Gasteiger partial charge in [0.25, 0.3) is 0 Å². The highest BCUT2D eigenvalue weighted by Crippen LogP contribution is 2.17. The van der Waals surface area contributed by atoms with E-state index >= 15 is 0 Å². The van der Waals surface area contributed by atoms with Crippen molar-refractivity contribution in [1.29, 1.82) is 0 Å². The molecule has 1 rings (SSSR count). The minimum Gasteiger partial charge on any atom is -0.394 e. The van der Waals surface area contributed by atoms with Crippen LogP contribution in [0.3, 0.4) is 0 Å². The quantitative estimate of drug-likeness (QED) is 0.604. The third kappa shape index (κ3) is 4.57. The van der Waals surface area contributed by atoms with E-state index in [1.54, 1.807) is 0 Å². The summed E-state index contributed by atoms with van der Waals surface area (Å²) >= 11 is 0. The molecule has 0 heterocycles. The van der Waals surface area contributed by atoms with Gasteiger partial charge in [-0.1, -0.05) is 0 Å². The Hall–Kier alpha value is -1.22. The highest BCUT2D eigenvalue weighted by atomic mass is 32.2. The average Bonchev–Trinajstić information content (AvgIpc) is 2.29. The zero-order valence-electron chi connectivity index (χ0n) is 9.60. The second-order valence-corrected chi connectivity index (χ2v) is 5.01. The van der Waals surface area contributed by atoms with Crippen molar-refractivity contribution in [3.63, 3.8) is 0 Å². The van der Waals surface area contributed by atoms with Crippen LogP contribution in [0.25, 0.3) is 0 Å². The lowest BCUT2D eigenvalue weighted by Crippen LogP contribution is -2.14. The number of anilines is 1. The van der Waals surface area contributed by atoms with E-state index in [1.807, 2.05) is 0 Å². The maximum absolute atomic E-state index is 13.5. The van der Waals surface area contributed by atoms with Crippen LogP contribution in [0.15, 0.2) is 23.1 Å². The Morgan fingerprint density at radius 1 is 1.39 bits per heavy atom. The van der Waals surface area contributed by atoms with Crippen molar-refractivity contribution in [2.24, 2.45) is 5.14 Å². The molecule has 0 radical (unpaired) electrons. The molecule has 0 saturated heterocycles. The molecule has 4 N–H and O–H groups in total. The number of nitrogens with two attached hydrogens (primary N) is 1. The molecule has 0 unspecified atom stereocenters. The van der Waals surface area contributed by atoms with Crippen molar-refractivity contribution >= 4 is 15.7 Å². The summed E-state index contributed by atoms with van der Waals surface area (Å²) in [5, 5.41) is 16.1. The first-order valence-corrected chi connectivity index (χ1v) is 6.74. The molecule has 0 aromatic heterocycles. The Bertz CT molecular complexity index is 493. The van der Waals surface area contributed by atoms with E-state index in [2.05, 4.69) is 5.32 Å². The first-order valence-electron chi connectivity index (χ1n) is 5.20. The SMILES string of the molecule is NS(=O)(=O)c1ccc(NCCOCCO)c(F)c1. The number of aliphatic hydroxyl groups excluding tert-OH is 1. The van der Waals surface area contributed by atoms with Crippen molar-refractivity contribution in [3.8, 4) is 0 Å². The summed E-state index contributed by atoms with van der Waals surface area (Å²) in [6, 6.07) is 3.36. The van der Waals surface area contributed by atoms with Gasteiger partial charge in [-0.3, -0.25) is 0 Å². The first kappa shape index (κ1) is 14.8. The predicted molar refractivity (Wildman–Crippen MR) is 64.2 cm³/mol. The third-order valence-corrected chi connectivity index (χ3v) is 2.98. The van der Waals surface area contributed by atoms with Crippen LogP contribution in [-0.2, 0) is 14.8 Å². The van der Waals surface area contributed by atoms with Gasteiger partial charge in [-0.15, -0.1) is 0 Å². The molecule has 8 heteroatoms. The molecule has 0 atom stereocenters. The number of rotatable bonds is 7. The fourth-order valence-electron chi connectivity index (χ4n) is 1.24. The first-order chi connectivity index (χ1) is 8.45. The molecule has 102 valence electrons. The van der Waals surface area contributed by atoms with Crippen LogP contribution in [0.2, 0.25) is 0 Å². The number of hydrogen-bond acceptors (Lipinski definition) is 5. The number of aliphatic hydroxyl groups is 1. The van der Waals surface area contributed by atoms with Crippen LogP contribution in [0.5, 0.6) is 0 Å². The number of halogens is 1. The number of ether oxygens (including phenoxy) is 1. The van der Waals surface area contributed by atoms with Gasteiger partial charge in [0.15, 0.2) is 0 Å². The lowest BCUT2D eigenvalue weighted by molar-refractivity contribution is 0.0992. The molecule has 0 amide bonds. The highest BCUT2D eigenvalue weighted by molar-refractivity contribution is 7.89. The number of benzene rings is 1. The molecule has 0 aliphatic carbocycles. The summed E-state index contributed by atoms with van der Waals surface area (Å²) in [6.07, 6.45) is 0. The van der Waals surface area contributed by atoms with E-state index in [4.69, 9.17) is 15.0 Å². The van der Waals surface area contributed by atoms with Gasteiger partial charge in [-0.25, -0.2) is 17.9 Å². The summed E-state index contributed by atoms with van der Waals surface area (Å²) in [5.74, 6) is -0.705. The molecule has 0 bridgehead atoms. The Morgan fingerprint density at radius 3 is 2.67 bits per heavy atom. The monoisotopic (exact) mass is 278 g/mol. The van der Waals surface area contributed by atoms with Crippen molar-refractivity contribution in [3.05, 3.63) is 24.0 Å². The lowest BCUT2D eigenvalue weighted by Gasteiger charge is -2.08. The van der Waals surface area contributed by atoms with E-state index in [0.29, 0.717) is 13.2 Å². The summed E-state index contributed by atoms with van der Waals surface area (Å²) < 4.78 is 40.4. The smallest absolute Gasteiger partial charge is 0.238 e. The van der Waals surface area contributed by atoms with Crippen LogP contribution < -0.4 is 10.5 Å². The van der Waals surface area contributed by atoms with Crippen LogP contribution in [0, 0.1) is 5.82 Å². The highest BCUT2D eigenvalue weighted by Gasteiger charge is 2.11. The van der Waals surface area contributed by atoms with Gasteiger partial charge in [0.05, 0.1) is 30.4 Å². The van der Waals surface area contributed by atoms with Crippen molar-refractivity contribution in [2.45, 2.75) is 4.90 Å². The fourth-order valence-corrected chi connectivity index (χ4v) is 1.77. The molecule has 0 fully saturated rings. The minimum absolute atomic E-state index is 0.0720. The van der Waals surface area contributed by atoms with Gasteiger partial charge >= 0.3 is 0 Å². The van der Waals surface area contributed by atoms with Crippen molar-refractivity contribution in [1.82, 2.24) is 0 Å². The van der Waals surface area contributed by atoms with Crippen LogP contribution in [-0.4, -0.2) is 39.9 Å². The summed E-state index contributed by atoms with van der Waals surface area (Å²) in [5.41, 5.74) is 0.162. The molecule has 1 aromatic rings. The summed E-state index contributed by atoms with van der Waals surface area (Å²) in [4.78, 5) is -0.276. The lowest BCUT2D eigenvalue weighted by atomic mass is 10.3. The molecule has 0 saturated carbocycles. The number of primary sulfonamides is 1. The predicted octanol–water partition coefficient (Wildman–Crippen LogP) is -0.106. The van der Waals surface area contributed by atoms with Gasteiger partial charge < -0.3 is 15.2 Å². The molecular weight excluding hydrogens is 263 g/mol. The van der Waals surface area contributed by atoms with Crippen molar-refractivity contribution < 1.29 is 22.7 Å². The molecule has 6 nitrogen and oxygen atoms in total. The van der Waals surface area contributed by atoms with Gasteiger partial charge in [0.2, 0.25) is 10.0 Å². The average molecular weight is 278 g/mol. The largest absolute Gasteiger partial charge is 0.394 e. The second kappa shape index (κ2) is 6.64. The molecule has 1 aromatic carbocycles. The van der Waals surface area contributed by atoms with E-state index in [1.165, 1.54) is 12.1 Å². The van der Waals surface area contributed by atoms with E-state index in [0.717, 1.165) is 6.07 Å².